The van der Waals surface area contributed by atoms with E-state index in [0.717, 1.165) is 22.9 Å². The number of hydrogen-bond donors (Lipinski definition) is 1. The maximum atomic E-state index is 14.2. The van der Waals surface area contributed by atoms with E-state index in [2.05, 4.69) is 40.3 Å². The molecule has 1 unspecified atom stereocenters. The molecule has 0 heterocycles. The Bertz CT molecular complexity index is 583. The van der Waals surface area contributed by atoms with Gasteiger partial charge in [0.05, 0.1) is 6.04 Å². The Labute approximate surface area is 128 Å². The van der Waals surface area contributed by atoms with Crippen LogP contribution in [0.3, 0.4) is 0 Å². The van der Waals surface area contributed by atoms with Crippen LogP contribution in [0.25, 0.3) is 0 Å². The van der Waals surface area contributed by atoms with Crippen molar-refractivity contribution in [3.63, 3.8) is 0 Å². The lowest BCUT2D eigenvalue weighted by Gasteiger charge is -2.19. The molecule has 0 amide bonds. The van der Waals surface area contributed by atoms with Gasteiger partial charge in [-0.2, -0.15) is 0 Å². The number of benzene rings is 2. The second-order valence-electron chi connectivity index (χ2n) is 4.88. The molecule has 0 radical (unpaired) electrons. The van der Waals surface area contributed by atoms with Crippen LogP contribution >= 0.6 is 15.9 Å². The number of rotatable bonds is 5. The Balaban J connectivity index is 2.38. The van der Waals surface area contributed by atoms with Gasteiger partial charge in [-0.15, -0.1) is 0 Å². The summed E-state index contributed by atoms with van der Waals surface area (Å²) < 4.78 is 14.9. The van der Waals surface area contributed by atoms with Crippen molar-refractivity contribution < 1.29 is 4.39 Å². The molecular formula is C17H19BrFN. The third-order valence-electron chi connectivity index (χ3n) is 3.39. The van der Waals surface area contributed by atoms with Crippen LogP contribution in [0.5, 0.6) is 0 Å². The van der Waals surface area contributed by atoms with Crippen molar-refractivity contribution in [1.82, 2.24) is 5.32 Å². The molecule has 2 rings (SSSR count). The van der Waals surface area contributed by atoms with Gasteiger partial charge in [-0.25, -0.2) is 4.39 Å². The fraction of sp³-hybridized carbons (Fsp3) is 0.294. The fourth-order valence-electron chi connectivity index (χ4n) is 2.45. The summed E-state index contributed by atoms with van der Waals surface area (Å²) in [6, 6.07) is 13.5. The largest absolute Gasteiger partial charge is 0.309 e. The van der Waals surface area contributed by atoms with E-state index in [1.807, 2.05) is 31.3 Å². The Kier molecular flexibility index (Phi) is 5.32. The molecule has 0 aliphatic rings. The molecule has 0 saturated heterocycles. The van der Waals surface area contributed by atoms with Crippen LogP contribution in [0.1, 0.15) is 36.1 Å². The maximum Gasteiger partial charge on any atom is 0.129 e. The molecule has 106 valence electrons. The molecule has 0 aromatic heterocycles. The summed E-state index contributed by atoms with van der Waals surface area (Å²) in [4.78, 5) is 0. The summed E-state index contributed by atoms with van der Waals surface area (Å²) in [5, 5.41) is 3.21. The number of aryl methyl sites for hydroxylation is 1. The van der Waals surface area contributed by atoms with Gasteiger partial charge >= 0.3 is 0 Å². The molecule has 0 aliphatic heterocycles. The van der Waals surface area contributed by atoms with E-state index in [1.54, 1.807) is 0 Å². The molecule has 0 fully saturated rings. The molecule has 1 atom stereocenters. The molecule has 1 N–H and O–H groups in total. The first-order valence-electron chi connectivity index (χ1n) is 6.86. The predicted octanol–water partition coefficient (Wildman–Crippen LogP) is 4.85. The van der Waals surface area contributed by atoms with Crippen LogP contribution in [0.4, 0.5) is 4.39 Å². The molecule has 0 spiro atoms. The molecule has 2 aromatic rings. The van der Waals surface area contributed by atoms with Gasteiger partial charge in [0.2, 0.25) is 0 Å². The topological polar surface area (TPSA) is 12.0 Å². The Morgan fingerprint density at radius 2 is 2.00 bits per heavy atom. The highest BCUT2D eigenvalue weighted by Crippen LogP contribution is 2.27. The van der Waals surface area contributed by atoms with Gasteiger partial charge in [0.15, 0.2) is 0 Å². The third kappa shape index (κ3) is 3.47. The minimum Gasteiger partial charge on any atom is -0.309 e. The summed E-state index contributed by atoms with van der Waals surface area (Å²) in [5.41, 5.74) is 3.06. The lowest BCUT2D eigenvalue weighted by Crippen LogP contribution is -2.19. The van der Waals surface area contributed by atoms with E-state index < -0.39 is 0 Å². The van der Waals surface area contributed by atoms with Crippen LogP contribution in [-0.4, -0.2) is 7.05 Å². The zero-order chi connectivity index (χ0) is 14.5. The normalized spacial score (nSPS) is 12.4. The molecular weight excluding hydrogens is 317 g/mol. The van der Waals surface area contributed by atoms with E-state index >= 15 is 0 Å². The second-order valence-corrected chi connectivity index (χ2v) is 5.80. The summed E-state index contributed by atoms with van der Waals surface area (Å²) in [5.74, 6) is -0.195. The molecule has 0 aliphatic carbocycles. The summed E-state index contributed by atoms with van der Waals surface area (Å²) in [6.07, 6.45) is 2.16. The standard InChI is InChI=1S/C17H19BrFN/c1-3-5-12-6-4-7-13(10-12)17(20-2)15-9-8-14(18)11-16(15)19/h4,6-11,17,20H,3,5H2,1-2H3. The van der Waals surface area contributed by atoms with E-state index in [9.17, 15) is 4.39 Å². The zero-order valence-electron chi connectivity index (χ0n) is 11.8. The van der Waals surface area contributed by atoms with E-state index in [1.165, 1.54) is 11.6 Å². The number of hydrogen-bond acceptors (Lipinski definition) is 1. The average molecular weight is 336 g/mol. The quantitative estimate of drug-likeness (QED) is 0.823. The fourth-order valence-corrected chi connectivity index (χ4v) is 2.79. The summed E-state index contributed by atoms with van der Waals surface area (Å²) in [6.45, 7) is 2.16. The van der Waals surface area contributed by atoms with Gasteiger partial charge in [0.1, 0.15) is 5.82 Å². The van der Waals surface area contributed by atoms with Crippen LogP contribution in [0.2, 0.25) is 0 Å². The third-order valence-corrected chi connectivity index (χ3v) is 3.88. The highest BCUT2D eigenvalue weighted by molar-refractivity contribution is 9.10. The van der Waals surface area contributed by atoms with Crippen molar-refractivity contribution in [2.75, 3.05) is 7.05 Å². The molecule has 0 bridgehead atoms. The lowest BCUT2D eigenvalue weighted by molar-refractivity contribution is 0.575. The molecule has 0 saturated carbocycles. The van der Waals surface area contributed by atoms with E-state index in [4.69, 9.17) is 0 Å². The number of nitrogens with one attached hydrogen (secondary N) is 1. The van der Waals surface area contributed by atoms with Crippen molar-refractivity contribution in [1.29, 1.82) is 0 Å². The second kappa shape index (κ2) is 7.00. The summed E-state index contributed by atoms with van der Waals surface area (Å²) >= 11 is 3.30. The Morgan fingerprint density at radius 1 is 1.20 bits per heavy atom. The molecule has 2 aromatic carbocycles. The molecule has 3 heteroatoms. The van der Waals surface area contributed by atoms with Crippen LogP contribution < -0.4 is 5.32 Å². The SMILES string of the molecule is CCCc1cccc(C(NC)c2ccc(Br)cc2F)c1. The first kappa shape index (κ1) is 15.2. The van der Waals surface area contributed by atoms with Gasteiger partial charge in [0, 0.05) is 10.0 Å². The zero-order valence-corrected chi connectivity index (χ0v) is 13.4. The molecule has 1 nitrogen and oxygen atoms in total. The van der Waals surface area contributed by atoms with Gasteiger partial charge in [-0.3, -0.25) is 0 Å². The smallest absolute Gasteiger partial charge is 0.129 e. The maximum absolute atomic E-state index is 14.2. The Hall–Kier alpha value is -1.19. The lowest BCUT2D eigenvalue weighted by atomic mass is 9.96. The minimum atomic E-state index is -0.195. The highest BCUT2D eigenvalue weighted by Gasteiger charge is 2.16. The minimum absolute atomic E-state index is 0.125. The number of halogens is 2. The average Bonchev–Trinajstić information content (AvgIpc) is 2.43. The molecule has 20 heavy (non-hydrogen) atoms. The van der Waals surface area contributed by atoms with E-state index in [-0.39, 0.29) is 11.9 Å². The first-order valence-corrected chi connectivity index (χ1v) is 7.66. The van der Waals surface area contributed by atoms with Gasteiger partial charge < -0.3 is 5.32 Å². The highest BCUT2D eigenvalue weighted by atomic mass is 79.9. The van der Waals surface area contributed by atoms with Crippen molar-refractivity contribution in [3.05, 3.63) is 69.4 Å². The van der Waals surface area contributed by atoms with Gasteiger partial charge in [0.25, 0.3) is 0 Å². The van der Waals surface area contributed by atoms with E-state index in [0.29, 0.717) is 5.56 Å². The van der Waals surface area contributed by atoms with Crippen LogP contribution in [0.15, 0.2) is 46.9 Å². The predicted molar refractivity (Wildman–Crippen MR) is 85.4 cm³/mol. The first-order chi connectivity index (χ1) is 9.65. The van der Waals surface area contributed by atoms with Gasteiger partial charge in [-0.05, 0) is 36.7 Å². The summed E-state index contributed by atoms with van der Waals surface area (Å²) in [7, 11) is 1.86. The van der Waals surface area contributed by atoms with Crippen LogP contribution in [-0.2, 0) is 6.42 Å². The van der Waals surface area contributed by atoms with Gasteiger partial charge in [-0.1, -0.05) is 59.6 Å². The van der Waals surface area contributed by atoms with Crippen molar-refractivity contribution in [2.24, 2.45) is 0 Å². The van der Waals surface area contributed by atoms with Crippen molar-refractivity contribution >= 4 is 15.9 Å². The van der Waals surface area contributed by atoms with Crippen molar-refractivity contribution in [2.45, 2.75) is 25.8 Å². The Morgan fingerprint density at radius 3 is 2.65 bits per heavy atom. The van der Waals surface area contributed by atoms with Crippen LogP contribution in [0, 0.1) is 5.82 Å². The van der Waals surface area contributed by atoms with Crippen molar-refractivity contribution in [3.8, 4) is 0 Å². The monoisotopic (exact) mass is 335 g/mol.